The fourth-order valence-corrected chi connectivity index (χ4v) is 7.99. The largest absolute Gasteiger partial charge is 0.381 e. The SMILES string of the molecule is CCN1CCC(n2cc(-c3cn(S(=O)(=O)c4ccccc4)c4ncc(-c5cnc(NC6CCOCC6)c(CN(C)C)c5)nc34)cn2)CC1. The van der Waals surface area contributed by atoms with Crippen LogP contribution in [0.15, 0.2) is 72.3 Å². The van der Waals surface area contributed by atoms with E-state index in [1.54, 1.807) is 42.7 Å². The van der Waals surface area contributed by atoms with Gasteiger partial charge in [-0.25, -0.2) is 27.3 Å². The molecule has 0 aliphatic carbocycles. The second-order valence-electron chi connectivity index (χ2n) is 13.0. The van der Waals surface area contributed by atoms with Crippen molar-refractivity contribution in [1.82, 2.24) is 38.5 Å². The van der Waals surface area contributed by atoms with Gasteiger partial charge in [-0.3, -0.25) is 4.68 Å². The Morgan fingerprint density at radius 1 is 0.958 bits per heavy atom. The van der Waals surface area contributed by atoms with E-state index in [1.807, 2.05) is 37.4 Å². The Balaban J connectivity index is 1.30. The smallest absolute Gasteiger partial charge is 0.269 e. The molecule has 0 unspecified atom stereocenters. The van der Waals surface area contributed by atoms with Gasteiger partial charge in [0.1, 0.15) is 11.3 Å². The van der Waals surface area contributed by atoms with Gasteiger partial charge in [0.05, 0.1) is 29.0 Å². The number of benzene rings is 1. The van der Waals surface area contributed by atoms with Crippen LogP contribution in [0.3, 0.4) is 0 Å². The maximum absolute atomic E-state index is 13.9. The van der Waals surface area contributed by atoms with Crippen molar-refractivity contribution in [2.75, 3.05) is 52.3 Å². The maximum Gasteiger partial charge on any atom is 0.269 e. The number of nitrogens with one attached hydrogen (secondary N) is 1. The first-order valence-corrected chi connectivity index (χ1v) is 18.2. The molecule has 2 fully saturated rings. The first kappa shape index (κ1) is 32.4. The molecule has 7 rings (SSSR count). The lowest BCUT2D eigenvalue weighted by Gasteiger charge is -2.31. The van der Waals surface area contributed by atoms with E-state index in [1.165, 1.54) is 3.97 Å². The zero-order valence-electron chi connectivity index (χ0n) is 27.8. The summed E-state index contributed by atoms with van der Waals surface area (Å²) in [5.41, 5.74) is 4.69. The summed E-state index contributed by atoms with van der Waals surface area (Å²) in [5.74, 6) is 0.853. The van der Waals surface area contributed by atoms with Crippen molar-refractivity contribution in [3.63, 3.8) is 0 Å². The zero-order chi connectivity index (χ0) is 33.3. The summed E-state index contributed by atoms with van der Waals surface area (Å²) < 4.78 is 36.7. The number of nitrogens with zero attached hydrogens (tertiary/aromatic N) is 8. The van der Waals surface area contributed by atoms with Gasteiger partial charge in [0.25, 0.3) is 10.0 Å². The molecule has 2 saturated heterocycles. The van der Waals surface area contributed by atoms with Crippen LogP contribution in [0.4, 0.5) is 5.82 Å². The molecular formula is C35H43N9O3S. The minimum Gasteiger partial charge on any atom is -0.381 e. The lowest BCUT2D eigenvalue weighted by molar-refractivity contribution is 0.0903. The number of piperidine rings is 1. The number of likely N-dealkylation sites (tertiary alicyclic amines) is 1. The average molecular weight is 670 g/mol. The second kappa shape index (κ2) is 13.7. The summed E-state index contributed by atoms with van der Waals surface area (Å²) in [6.07, 6.45) is 12.8. The van der Waals surface area contributed by atoms with Crippen LogP contribution in [0.1, 0.15) is 44.2 Å². The van der Waals surface area contributed by atoms with Gasteiger partial charge in [-0.05, 0) is 64.5 Å². The molecule has 0 amide bonds. The van der Waals surface area contributed by atoms with Gasteiger partial charge >= 0.3 is 0 Å². The minimum absolute atomic E-state index is 0.183. The number of anilines is 1. The average Bonchev–Trinajstić information content (AvgIpc) is 3.75. The Hall–Kier alpha value is -4.17. The molecule has 0 radical (unpaired) electrons. The lowest BCUT2D eigenvalue weighted by Crippen LogP contribution is -2.34. The number of hydrogen-bond acceptors (Lipinski definition) is 10. The monoisotopic (exact) mass is 669 g/mol. The quantitative estimate of drug-likeness (QED) is 0.220. The number of fused-ring (bicyclic) bond motifs is 1. The topological polar surface area (TPSA) is 123 Å². The molecule has 2 aliphatic heterocycles. The summed E-state index contributed by atoms with van der Waals surface area (Å²) in [5, 5.41) is 8.37. The maximum atomic E-state index is 13.9. The molecule has 6 heterocycles. The van der Waals surface area contributed by atoms with Gasteiger partial charge in [0.2, 0.25) is 0 Å². The molecule has 5 aromatic rings. The predicted octanol–water partition coefficient (Wildman–Crippen LogP) is 4.90. The molecule has 4 aromatic heterocycles. The van der Waals surface area contributed by atoms with Crippen LogP contribution in [0.2, 0.25) is 0 Å². The molecule has 0 bridgehead atoms. The lowest BCUT2D eigenvalue weighted by atomic mass is 10.1. The van der Waals surface area contributed by atoms with Crippen molar-refractivity contribution in [1.29, 1.82) is 0 Å². The number of pyridine rings is 1. The summed E-state index contributed by atoms with van der Waals surface area (Å²) in [4.78, 5) is 19.4. The van der Waals surface area contributed by atoms with Crippen LogP contribution in [0, 0.1) is 0 Å². The van der Waals surface area contributed by atoms with E-state index < -0.39 is 10.0 Å². The van der Waals surface area contributed by atoms with E-state index in [0.29, 0.717) is 35.4 Å². The van der Waals surface area contributed by atoms with Gasteiger partial charge in [-0.2, -0.15) is 5.10 Å². The van der Waals surface area contributed by atoms with Crippen molar-refractivity contribution < 1.29 is 13.2 Å². The van der Waals surface area contributed by atoms with Crippen molar-refractivity contribution in [3.05, 3.63) is 72.9 Å². The Bertz CT molecular complexity index is 1980. The molecule has 1 aromatic carbocycles. The van der Waals surface area contributed by atoms with Gasteiger partial charge in [0.15, 0.2) is 5.65 Å². The third-order valence-electron chi connectivity index (χ3n) is 9.37. The highest BCUT2D eigenvalue weighted by atomic mass is 32.2. The normalized spacial score (nSPS) is 17.0. The van der Waals surface area contributed by atoms with E-state index in [4.69, 9.17) is 24.8 Å². The third-order valence-corrected chi connectivity index (χ3v) is 11.0. The number of hydrogen-bond donors (Lipinski definition) is 1. The zero-order valence-corrected chi connectivity index (χ0v) is 28.6. The summed E-state index contributed by atoms with van der Waals surface area (Å²) >= 11 is 0. The van der Waals surface area contributed by atoms with E-state index in [-0.39, 0.29) is 10.5 Å². The highest BCUT2D eigenvalue weighted by molar-refractivity contribution is 7.90. The Morgan fingerprint density at radius 2 is 1.73 bits per heavy atom. The van der Waals surface area contributed by atoms with Gasteiger partial charge in [-0.1, -0.05) is 25.1 Å². The summed E-state index contributed by atoms with van der Waals surface area (Å²) in [7, 11) is 0.121. The predicted molar refractivity (Wildman–Crippen MR) is 186 cm³/mol. The van der Waals surface area contributed by atoms with Gasteiger partial charge < -0.3 is 19.9 Å². The molecule has 1 N–H and O–H groups in total. The van der Waals surface area contributed by atoms with E-state index in [9.17, 15) is 8.42 Å². The fourth-order valence-electron chi connectivity index (χ4n) is 6.66. The summed E-state index contributed by atoms with van der Waals surface area (Å²) in [6, 6.07) is 11.1. The van der Waals surface area contributed by atoms with Crippen molar-refractivity contribution in [2.45, 2.75) is 56.1 Å². The van der Waals surface area contributed by atoms with Crippen molar-refractivity contribution in [3.8, 4) is 22.4 Å². The third kappa shape index (κ3) is 6.59. The molecule has 252 valence electrons. The van der Waals surface area contributed by atoms with Crippen molar-refractivity contribution in [2.24, 2.45) is 0 Å². The van der Waals surface area contributed by atoms with Crippen molar-refractivity contribution >= 4 is 27.0 Å². The Labute approximate surface area is 281 Å². The molecule has 0 atom stereocenters. The Kier molecular flexibility index (Phi) is 9.27. The van der Waals surface area contributed by atoms with Crippen LogP contribution >= 0.6 is 0 Å². The molecular weight excluding hydrogens is 627 g/mol. The van der Waals surface area contributed by atoms with E-state index >= 15 is 0 Å². The highest BCUT2D eigenvalue weighted by Crippen LogP contribution is 2.34. The van der Waals surface area contributed by atoms with Crippen LogP contribution in [0.5, 0.6) is 0 Å². The van der Waals surface area contributed by atoms with Crippen LogP contribution in [0.25, 0.3) is 33.5 Å². The fraction of sp³-hybridized carbons (Fsp3) is 0.429. The first-order valence-electron chi connectivity index (χ1n) is 16.7. The molecule has 48 heavy (non-hydrogen) atoms. The highest BCUT2D eigenvalue weighted by Gasteiger charge is 2.26. The first-order chi connectivity index (χ1) is 23.3. The van der Waals surface area contributed by atoms with Crippen LogP contribution < -0.4 is 5.32 Å². The summed E-state index contributed by atoms with van der Waals surface area (Å²) in [6.45, 7) is 7.49. The molecule has 0 saturated carbocycles. The molecule has 0 spiro atoms. The standard InChI is InChI=1S/C35H43N9O3S/c1-4-42-14-10-29(11-15-42)43-23-27(20-38-43)31-24-44(48(45,46)30-8-6-5-7-9-30)35-33(31)40-32(21-37-35)25-18-26(22-41(2)3)34(36-19-25)39-28-12-16-47-17-13-28/h5-9,18-21,23-24,28-29H,4,10-17,22H2,1-3H3,(H,36,39). The van der Waals surface area contributed by atoms with Crippen LogP contribution in [-0.4, -0.2) is 99.9 Å². The Morgan fingerprint density at radius 3 is 2.46 bits per heavy atom. The van der Waals surface area contributed by atoms with Crippen LogP contribution in [-0.2, 0) is 21.3 Å². The number of ether oxygens (including phenoxy) is 1. The van der Waals surface area contributed by atoms with Gasteiger partial charge in [-0.15, -0.1) is 0 Å². The molecule has 13 heteroatoms. The number of aromatic nitrogens is 6. The van der Waals surface area contributed by atoms with E-state index in [0.717, 1.165) is 81.0 Å². The van der Waals surface area contributed by atoms with Gasteiger partial charge in [0, 0.05) is 79.7 Å². The van der Waals surface area contributed by atoms with E-state index in [2.05, 4.69) is 28.1 Å². The number of rotatable bonds is 10. The molecule has 12 nitrogen and oxygen atoms in total. The molecule has 2 aliphatic rings. The minimum atomic E-state index is -3.95. The second-order valence-corrected chi connectivity index (χ2v) is 14.8.